The smallest absolute Gasteiger partial charge is 0.258 e. The maximum Gasteiger partial charge on any atom is 0.258 e. The lowest BCUT2D eigenvalue weighted by Crippen LogP contribution is -2.36. The largest absolute Gasteiger partial charge is 0.496 e. The molecule has 0 N–H and O–H groups in total. The van der Waals surface area contributed by atoms with Gasteiger partial charge in [-0.25, -0.2) is 0 Å². The summed E-state index contributed by atoms with van der Waals surface area (Å²) in [6, 6.07) is 14.0. The number of hydrogen-bond acceptors (Lipinski definition) is 3. The van der Waals surface area contributed by atoms with Crippen LogP contribution in [0, 0.1) is 13.8 Å². The summed E-state index contributed by atoms with van der Waals surface area (Å²) in [6.45, 7) is 6.08. The van der Waals surface area contributed by atoms with Gasteiger partial charge in [0.2, 0.25) is 0 Å². The fourth-order valence-corrected chi connectivity index (χ4v) is 2.73. The lowest BCUT2D eigenvalue weighted by Gasteiger charge is -2.26. The van der Waals surface area contributed by atoms with Crippen molar-refractivity contribution in [2.75, 3.05) is 34.3 Å². The Morgan fingerprint density at radius 3 is 2.28 bits per heavy atom. The van der Waals surface area contributed by atoms with Gasteiger partial charge in [0.15, 0.2) is 0 Å². The molecular formula is C21H28N2O2. The van der Waals surface area contributed by atoms with E-state index in [9.17, 15) is 4.79 Å². The van der Waals surface area contributed by atoms with Crippen molar-refractivity contribution in [2.24, 2.45) is 0 Å². The Morgan fingerprint density at radius 2 is 1.68 bits per heavy atom. The van der Waals surface area contributed by atoms with Crippen molar-refractivity contribution in [1.82, 2.24) is 9.80 Å². The van der Waals surface area contributed by atoms with E-state index in [2.05, 4.69) is 36.1 Å². The lowest BCUT2D eigenvalue weighted by molar-refractivity contribution is 0.0728. The van der Waals surface area contributed by atoms with E-state index in [1.165, 1.54) is 5.56 Å². The normalized spacial score (nSPS) is 10.8. The zero-order valence-electron chi connectivity index (χ0n) is 15.9. The van der Waals surface area contributed by atoms with Gasteiger partial charge in [-0.2, -0.15) is 0 Å². The van der Waals surface area contributed by atoms with E-state index in [1.807, 2.05) is 44.1 Å². The van der Waals surface area contributed by atoms with Crippen LogP contribution in [-0.4, -0.2) is 50.0 Å². The molecule has 0 saturated heterocycles. The molecule has 2 rings (SSSR count). The van der Waals surface area contributed by atoms with Gasteiger partial charge in [0, 0.05) is 19.6 Å². The van der Waals surface area contributed by atoms with Crippen LogP contribution in [0.4, 0.5) is 0 Å². The summed E-state index contributed by atoms with van der Waals surface area (Å²) in [6.07, 6.45) is 0. The number of nitrogens with zero attached hydrogens (tertiary/aromatic N) is 2. The Kier molecular flexibility index (Phi) is 6.59. The molecule has 134 valence electrons. The van der Waals surface area contributed by atoms with E-state index < -0.39 is 0 Å². The van der Waals surface area contributed by atoms with Crippen molar-refractivity contribution in [3.8, 4) is 5.75 Å². The molecule has 0 aliphatic rings. The number of ether oxygens (including phenoxy) is 1. The number of amides is 1. The van der Waals surface area contributed by atoms with Crippen LogP contribution in [0.1, 0.15) is 27.0 Å². The third kappa shape index (κ3) is 5.07. The molecule has 25 heavy (non-hydrogen) atoms. The molecule has 2 aromatic rings. The van der Waals surface area contributed by atoms with E-state index in [-0.39, 0.29) is 5.91 Å². The van der Waals surface area contributed by atoms with Gasteiger partial charge in [-0.1, -0.05) is 42.0 Å². The van der Waals surface area contributed by atoms with Gasteiger partial charge < -0.3 is 14.5 Å². The molecule has 0 radical (unpaired) electrons. The Hall–Kier alpha value is -2.33. The number of hydrogen-bond donors (Lipinski definition) is 0. The number of carbonyl (C=O) groups is 1. The third-order valence-electron chi connectivity index (χ3n) is 4.27. The van der Waals surface area contributed by atoms with Gasteiger partial charge in [0.05, 0.1) is 12.7 Å². The average molecular weight is 340 g/mol. The van der Waals surface area contributed by atoms with Crippen LogP contribution in [0.15, 0.2) is 42.5 Å². The van der Waals surface area contributed by atoms with Gasteiger partial charge >= 0.3 is 0 Å². The van der Waals surface area contributed by atoms with Crippen LogP contribution < -0.4 is 4.74 Å². The molecule has 1 amide bonds. The topological polar surface area (TPSA) is 32.8 Å². The van der Waals surface area contributed by atoms with Crippen LogP contribution >= 0.6 is 0 Å². The lowest BCUT2D eigenvalue weighted by atomic mass is 10.1. The Labute approximate surface area is 151 Å². The van der Waals surface area contributed by atoms with E-state index in [0.717, 1.165) is 17.7 Å². The van der Waals surface area contributed by atoms with Gasteiger partial charge in [0.25, 0.3) is 5.91 Å². The van der Waals surface area contributed by atoms with Crippen molar-refractivity contribution in [1.29, 1.82) is 0 Å². The zero-order chi connectivity index (χ0) is 18.4. The van der Waals surface area contributed by atoms with Crippen molar-refractivity contribution in [3.05, 3.63) is 64.7 Å². The highest BCUT2D eigenvalue weighted by molar-refractivity contribution is 5.98. The summed E-state index contributed by atoms with van der Waals surface area (Å²) in [4.78, 5) is 17.2. The van der Waals surface area contributed by atoms with Gasteiger partial charge in [-0.15, -0.1) is 0 Å². The van der Waals surface area contributed by atoms with Crippen LogP contribution in [0.25, 0.3) is 0 Å². The predicted octanol–water partition coefficient (Wildman–Crippen LogP) is 3.52. The minimum absolute atomic E-state index is 0.0115. The molecule has 4 heteroatoms. The van der Waals surface area contributed by atoms with Gasteiger partial charge in [-0.05, 0) is 45.1 Å². The maximum absolute atomic E-state index is 13.3. The maximum atomic E-state index is 13.3. The first-order valence-electron chi connectivity index (χ1n) is 8.55. The quantitative estimate of drug-likeness (QED) is 0.773. The summed E-state index contributed by atoms with van der Waals surface area (Å²) in [5.74, 6) is 0.640. The first-order chi connectivity index (χ1) is 11.9. The molecule has 0 bridgehead atoms. The Bertz CT molecular complexity index is 708. The van der Waals surface area contributed by atoms with E-state index >= 15 is 0 Å². The molecule has 0 aromatic heterocycles. The van der Waals surface area contributed by atoms with Crippen molar-refractivity contribution in [3.63, 3.8) is 0 Å². The number of benzene rings is 2. The van der Waals surface area contributed by atoms with Crippen LogP contribution in [0.3, 0.4) is 0 Å². The van der Waals surface area contributed by atoms with E-state index in [1.54, 1.807) is 7.11 Å². The fraction of sp³-hybridized carbons (Fsp3) is 0.381. The Balaban J connectivity index is 2.31. The zero-order valence-corrected chi connectivity index (χ0v) is 15.9. The molecule has 4 nitrogen and oxygen atoms in total. The number of rotatable bonds is 7. The van der Waals surface area contributed by atoms with Crippen LogP contribution in [-0.2, 0) is 6.54 Å². The van der Waals surface area contributed by atoms with E-state index in [4.69, 9.17) is 4.74 Å². The summed E-state index contributed by atoms with van der Waals surface area (Å²) in [7, 11) is 5.64. The number of methoxy groups -OCH3 is 1. The van der Waals surface area contributed by atoms with Crippen molar-refractivity contribution < 1.29 is 9.53 Å². The average Bonchev–Trinajstić information content (AvgIpc) is 2.59. The molecule has 0 unspecified atom stereocenters. The molecule has 0 heterocycles. The van der Waals surface area contributed by atoms with E-state index in [0.29, 0.717) is 24.4 Å². The number of aryl methyl sites for hydroxylation is 2. The Morgan fingerprint density at radius 1 is 1.00 bits per heavy atom. The summed E-state index contributed by atoms with van der Waals surface area (Å²) < 4.78 is 5.43. The number of carbonyl (C=O) groups excluding carboxylic acids is 1. The molecule has 0 fully saturated rings. The molecule has 2 aromatic carbocycles. The summed E-state index contributed by atoms with van der Waals surface area (Å²) >= 11 is 0. The number of likely N-dealkylation sites (N-methyl/N-ethyl adjacent to an activating group) is 1. The molecule has 0 saturated carbocycles. The molecule has 0 spiro atoms. The summed E-state index contributed by atoms with van der Waals surface area (Å²) in [5, 5.41) is 0. The second-order valence-electron chi connectivity index (χ2n) is 6.67. The molecular weight excluding hydrogens is 312 g/mol. The monoisotopic (exact) mass is 340 g/mol. The molecule has 0 atom stereocenters. The van der Waals surface area contributed by atoms with Crippen LogP contribution in [0.5, 0.6) is 5.75 Å². The highest BCUT2D eigenvalue weighted by Crippen LogP contribution is 2.24. The highest BCUT2D eigenvalue weighted by Gasteiger charge is 2.21. The first kappa shape index (κ1) is 19.0. The minimum Gasteiger partial charge on any atom is -0.496 e. The van der Waals surface area contributed by atoms with Crippen molar-refractivity contribution >= 4 is 5.91 Å². The first-order valence-corrected chi connectivity index (χ1v) is 8.55. The fourth-order valence-electron chi connectivity index (χ4n) is 2.73. The standard InChI is InChI=1S/C21H28N2O2/c1-16-9-11-18(12-10-16)15-23(14-13-22(3)4)21(24)20-17(2)7-6-8-19(20)25-5/h6-12H,13-15H2,1-5H3. The predicted molar refractivity (Wildman–Crippen MR) is 102 cm³/mol. The van der Waals surface area contributed by atoms with Gasteiger partial charge in [-0.3, -0.25) is 4.79 Å². The summed E-state index contributed by atoms with van der Waals surface area (Å²) in [5.41, 5.74) is 3.93. The second-order valence-corrected chi connectivity index (χ2v) is 6.67. The molecule has 0 aliphatic carbocycles. The SMILES string of the molecule is COc1cccc(C)c1C(=O)N(CCN(C)C)Cc1ccc(C)cc1. The highest BCUT2D eigenvalue weighted by atomic mass is 16.5. The second kappa shape index (κ2) is 8.67. The van der Waals surface area contributed by atoms with Crippen LogP contribution in [0.2, 0.25) is 0 Å². The van der Waals surface area contributed by atoms with Crippen molar-refractivity contribution in [2.45, 2.75) is 20.4 Å². The minimum atomic E-state index is 0.0115. The van der Waals surface area contributed by atoms with Gasteiger partial charge in [0.1, 0.15) is 5.75 Å². The molecule has 0 aliphatic heterocycles. The third-order valence-corrected chi connectivity index (χ3v) is 4.27.